The molecule has 1 aliphatic rings. The van der Waals surface area contributed by atoms with E-state index in [1.165, 1.54) is 6.07 Å². The van der Waals surface area contributed by atoms with E-state index < -0.39 is 35.7 Å². The average molecular weight is 1180 g/mol. The SMILES string of the molecule is CCNC(=O)Oc1c(OCc2ccccc2)cc([C@@H]2Oc3cc(OCc4ccccc4)cc(OCc4ccccc4)c3C[C@H]2OC(=O)c2cc(OCc3ccccc3)c(OCc3ccccc3)c(OCc3ccccc3)c2F)cc1OCc1ccccc1. The van der Waals surface area contributed by atoms with Gasteiger partial charge in [0.05, 0.1) is 0 Å². The standard InChI is InChI=1S/C74H64FNO12/c1-2-76-74(78)88-70-64(81-46-53-28-14-5-15-29-53)38-58(39-65(70)82-47-54-30-16-6-17-31-54)69-67(42-60-62(80-45-52-26-12-4-13-27-52)40-59(41-63(60)86-69)79-44-51-24-10-3-11-25-51)87-73(77)61-43-66(83-48-55-32-18-7-19-33-55)71(84-49-56-34-20-8-21-35-56)72(68(61)75)85-50-57-36-22-9-23-37-57/h3-41,43,67,69H,2,42,44-50H2,1H3,(H,76,78)/t67-,69+/m1/s1. The van der Waals surface area contributed by atoms with E-state index in [0.717, 1.165) is 38.9 Å². The first-order chi connectivity index (χ1) is 43.3. The van der Waals surface area contributed by atoms with E-state index in [2.05, 4.69) is 5.32 Å². The van der Waals surface area contributed by atoms with Crippen molar-refractivity contribution in [1.29, 1.82) is 0 Å². The Hall–Kier alpha value is -10.7. The third-order valence-electron chi connectivity index (χ3n) is 14.3. The molecule has 10 aromatic carbocycles. The van der Waals surface area contributed by atoms with E-state index in [1.54, 1.807) is 31.2 Å². The van der Waals surface area contributed by atoms with Gasteiger partial charge in [-0.2, -0.15) is 0 Å². The molecular formula is C74H64FNO12. The van der Waals surface area contributed by atoms with Gasteiger partial charge in [-0.3, -0.25) is 0 Å². The van der Waals surface area contributed by atoms with Gasteiger partial charge in [-0.15, -0.1) is 0 Å². The molecule has 0 unspecified atom stereocenters. The van der Waals surface area contributed by atoms with Crippen LogP contribution in [0.3, 0.4) is 0 Å². The number of rotatable bonds is 26. The van der Waals surface area contributed by atoms with Gasteiger partial charge in [0, 0.05) is 42.3 Å². The summed E-state index contributed by atoms with van der Waals surface area (Å²) >= 11 is 0. The van der Waals surface area contributed by atoms with Crippen LogP contribution in [0.15, 0.2) is 243 Å². The van der Waals surface area contributed by atoms with Gasteiger partial charge in [0.25, 0.3) is 0 Å². The first kappa shape index (κ1) is 59.0. The second-order valence-electron chi connectivity index (χ2n) is 20.7. The van der Waals surface area contributed by atoms with Crippen LogP contribution in [0.25, 0.3) is 0 Å². The summed E-state index contributed by atoms with van der Waals surface area (Å²) in [6.45, 7) is 2.52. The fourth-order valence-electron chi connectivity index (χ4n) is 9.83. The molecule has 0 fully saturated rings. The van der Waals surface area contributed by atoms with E-state index in [0.29, 0.717) is 28.4 Å². The number of hydrogen-bond acceptors (Lipinski definition) is 12. The molecule has 0 radical (unpaired) electrons. The summed E-state index contributed by atoms with van der Waals surface area (Å²) < 4.78 is 83.5. The highest BCUT2D eigenvalue weighted by Gasteiger charge is 2.40. The lowest BCUT2D eigenvalue weighted by atomic mass is 9.93. The lowest BCUT2D eigenvalue weighted by molar-refractivity contribution is -0.0195. The van der Waals surface area contributed by atoms with Crippen molar-refractivity contribution in [2.45, 2.75) is 71.8 Å². The van der Waals surface area contributed by atoms with Crippen molar-refractivity contribution in [1.82, 2.24) is 5.32 Å². The number of hydrogen-bond donors (Lipinski definition) is 1. The summed E-state index contributed by atoms with van der Waals surface area (Å²) in [6.07, 6.45) is -3.22. The van der Waals surface area contributed by atoms with Crippen molar-refractivity contribution in [2.75, 3.05) is 6.54 Å². The third kappa shape index (κ3) is 15.6. The minimum absolute atomic E-state index is 0.0118. The number of carbonyl (C=O) groups is 2. The van der Waals surface area contributed by atoms with Crippen LogP contribution in [0.2, 0.25) is 0 Å². The molecule has 14 heteroatoms. The Labute approximate surface area is 510 Å². The number of esters is 1. The predicted octanol–water partition coefficient (Wildman–Crippen LogP) is 15.9. The van der Waals surface area contributed by atoms with E-state index in [4.69, 9.17) is 47.4 Å². The summed E-state index contributed by atoms with van der Waals surface area (Å²) in [6, 6.07) is 74.7. The number of fused-ring (bicyclic) bond motifs is 1. The first-order valence-electron chi connectivity index (χ1n) is 29.0. The van der Waals surface area contributed by atoms with Crippen molar-refractivity contribution in [3.63, 3.8) is 0 Å². The molecule has 10 aromatic rings. The van der Waals surface area contributed by atoms with Crippen LogP contribution in [-0.2, 0) is 57.4 Å². The number of benzene rings is 10. The maximum absolute atomic E-state index is 18.0. The highest BCUT2D eigenvalue weighted by atomic mass is 19.1. The molecule has 0 bridgehead atoms. The third-order valence-corrected chi connectivity index (χ3v) is 14.3. The molecule has 0 saturated heterocycles. The fraction of sp³-hybridized carbons (Fsp3) is 0.162. The van der Waals surface area contributed by atoms with Crippen molar-refractivity contribution >= 4 is 12.1 Å². The second kappa shape index (κ2) is 29.4. The van der Waals surface area contributed by atoms with Crippen molar-refractivity contribution < 1.29 is 61.3 Å². The molecule has 1 aliphatic heterocycles. The van der Waals surface area contributed by atoms with Gasteiger partial charge in [0.2, 0.25) is 17.2 Å². The molecule has 1 amide bonds. The molecule has 0 aliphatic carbocycles. The van der Waals surface area contributed by atoms with Crippen LogP contribution in [0.4, 0.5) is 9.18 Å². The predicted molar refractivity (Wildman–Crippen MR) is 331 cm³/mol. The number of ether oxygens (including phenoxy) is 10. The second-order valence-corrected chi connectivity index (χ2v) is 20.7. The topological polar surface area (TPSA) is 138 Å². The van der Waals surface area contributed by atoms with Crippen LogP contribution in [0.5, 0.6) is 51.7 Å². The Balaban J connectivity index is 1.05. The minimum Gasteiger partial charge on any atom is -0.489 e. The van der Waals surface area contributed by atoms with Gasteiger partial charge >= 0.3 is 12.1 Å². The summed E-state index contributed by atoms with van der Waals surface area (Å²) in [5, 5.41) is 2.71. The Morgan fingerprint density at radius 3 is 1.24 bits per heavy atom. The van der Waals surface area contributed by atoms with Crippen LogP contribution in [-0.4, -0.2) is 24.7 Å². The van der Waals surface area contributed by atoms with Gasteiger partial charge in [-0.05, 0) is 58.0 Å². The zero-order valence-corrected chi connectivity index (χ0v) is 48.4. The highest BCUT2D eigenvalue weighted by Crippen LogP contribution is 2.49. The lowest BCUT2D eigenvalue weighted by Crippen LogP contribution is -2.35. The van der Waals surface area contributed by atoms with Gasteiger partial charge in [-0.25, -0.2) is 14.0 Å². The summed E-state index contributed by atoms with van der Waals surface area (Å²) in [5.74, 6) is -1.11. The summed E-state index contributed by atoms with van der Waals surface area (Å²) in [4.78, 5) is 29.0. The molecule has 1 heterocycles. The first-order valence-corrected chi connectivity index (χ1v) is 29.0. The van der Waals surface area contributed by atoms with Crippen LogP contribution in [0, 0.1) is 5.82 Å². The van der Waals surface area contributed by atoms with Crippen molar-refractivity contribution in [3.8, 4) is 51.7 Å². The van der Waals surface area contributed by atoms with Gasteiger partial charge in [0.15, 0.2) is 29.2 Å². The lowest BCUT2D eigenvalue weighted by Gasteiger charge is -2.35. The molecule has 0 saturated carbocycles. The number of nitrogens with one attached hydrogen (secondary N) is 1. The zero-order valence-electron chi connectivity index (χ0n) is 48.4. The molecule has 1 N–H and O–H groups in total. The normalized spacial score (nSPS) is 13.2. The Morgan fingerprint density at radius 1 is 0.443 bits per heavy atom. The van der Waals surface area contributed by atoms with Crippen LogP contribution in [0.1, 0.15) is 73.5 Å². The number of halogens is 1. The molecule has 13 nitrogen and oxygen atoms in total. The maximum atomic E-state index is 18.0. The maximum Gasteiger partial charge on any atom is 0.412 e. The zero-order chi connectivity index (χ0) is 60.3. The van der Waals surface area contributed by atoms with E-state index >= 15 is 9.18 Å². The molecule has 88 heavy (non-hydrogen) atoms. The number of amides is 1. The molecule has 0 spiro atoms. The Bertz CT molecular complexity index is 3820. The van der Waals surface area contributed by atoms with Crippen LogP contribution >= 0.6 is 0 Å². The molecule has 11 rings (SSSR count). The smallest absolute Gasteiger partial charge is 0.412 e. The Kier molecular flexibility index (Phi) is 19.7. The molecule has 2 atom stereocenters. The molecule has 444 valence electrons. The average Bonchev–Trinajstić information content (AvgIpc) is 1.07. The Morgan fingerprint density at radius 2 is 0.818 bits per heavy atom. The van der Waals surface area contributed by atoms with Crippen LogP contribution < -0.4 is 47.9 Å². The largest absolute Gasteiger partial charge is 0.489 e. The highest BCUT2D eigenvalue weighted by molar-refractivity contribution is 5.92. The van der Waals surface area contributed by atoms with Gasteiger partial charge in [0.1, 0.15) is 75.2 Å². The van der Waals surface area contributed by atoms with Crippen molar-refractivity contribution in [3.05, 3.63) is 304 Å². The molecule has 0 aromatic heterocycles. The van der Waals surface area contributed by atoms with Gasteiger partial charge in [-0.1, -0.05) is 212 Å². The summed E-state index contributed by atoms with van der Waals surface area (Å²) in [5.41, 5.74) is 6.22. The number of carbonyl (C=O) groups excluding carboxylic acids is 2. The monoisotopic (exact) mass is 1180 g/mol. The summed E-state index contributed by atoms with van der Waals surface area (Å²) in [7, 11) is 0. The fourth-order valence-corrected chi connectivity index (χ4v) is 9.83. The van der Waals surface area contributed by atoms with E-state index in [-0.39, 0.29) is 93.7 Å². The van der Waals surface area contributed by atoms with E-state index in [9.17, 15) is 4.79 Å². The van der Waals surface area contributed by atoms with E-state index in [1.807, 2.05) is 212 Å². The molecular weight excluding hydrogens is 1110 g/mol. The van der Waals surface area contributed by atoms with Gasteiger partial charge < -0.3 is 52.7 Å². The van der Waals surface area contributed by atoms with Crippen molar-refractivity contribution in [2.24, 2.45) is 0 Å². The minimum atomic E-state index is -1.25. The quantitative estimate of drug-likeness (QED) is 0.0517.